The van der Waals surface area contributed by atoms with Crippen LogP contribution in [-0.4, -0.2) is 59.1 Å². The maximum atomic E-state index is 13.5. The number of hydrogen-bond donors (Lipinski definition) is 2. The molecule has 1 aromatic heterocycles. The number of nitrogens with one attached hydrogen (secondary N) is 2. The highest BCUT2D eigenvalue weighted by atomic mass is 35.5. The van der Waals surface area contributed by atoms with Gasteiger partial charge in [-0.25, -0.2) is 13.1 Å². The van der Waals surface area contributed by atoms with Gasteiger partial charge in [0.25, 0.3) is 5.91 Å². The lowest BCUT2D eigenvalue weighted by molar-refractivity contribution is -0.120. The molecule has 13 heteroatoms. The highest BCUT2D eigenvalue weighted by Crippen LogP contribution is 2.31. The van der Waals surface area contributed by atoms with E-state index in [4.69, 9.17) is 16.3 Å². The lowest BCUT2D eigenvalue weighted by Crippen LogP contribution is -2.35. The van der Waals surface area contributed by atoms with Crippen LogP contribution in [0.15, 0.2) is 106 Å². The quantitative estimate of drug-likeness (QED) is 0.115. The van der Waals surface area contributed by atoms with Crippen molar-refractivity contribution in [2.24, 2.45) is 10.2 Å². The van der Waals surface area contributed by atoms with Crippen LogP contribution in [0.3, 0.4) is 0 Å². The van der Waals surface area contributed by atoms with Gasteiger partial charge in [0, 0.05) is 54.5 Å². The Kier molecular flexibility index (Phi) is 10.6. The highest BCUT2D eigenvalue weighted by Gasteiger charge is 2.22. The molecule has 1 amide bonds. The second kappa shape index (κ2) is 14.8. The number of sulfonamides is 1. The third kappa shape index (κ3) is 7.91. The largest absolute Gasteiger partial charge is 0.497 e. The first-order valence-corrected chi connectivity index (χ1v) is 16.9. The predicted molar refractivity (Wildman–Crippen MR) is 188 cm³/mol. The summed E-state index contributed by atoms with van der Waals surface area (Å²) in [4.78, 5) is 28.6. The third-order valence-corrected chi connectivity index (χ3v) is 9.44. The molecule has 5 rings (SSSR count). The molecule has 0 saturated carbocycles. The zero-order chi connectivity index (χ0) is 34.4. The first-order valence-electron chi connectivity index (χ1n) is 15.0. The number of aromatic nitrogens is 1. The van der Waals surface area contributed by atoms with Crippen LogP contribution in [0.5, 0.6) is 5.75 Å². The van der Waals surface area contributed by atoms with Crippen LogP contribution >= 0.6 is 11.6 Å². The number of methoxy groups -OCH3 is 1. The third-order valence-electron chi connectivity index (χ3n) is 7.71. The van der Waals surface area contributed by atoms with Gasteiger partial charge in [-0.1, -0.05) is 11.6 Å². The summed E-state index contributed by atoms with van der Waals surface area (Å²) in [5.74, 6) is -0.00348. The van der Waals surface area contributed by atoms with Gasteiger partial charge in [0.15, 0.2) is 0 Å². The first-order chi connectivity index (χ1) is 23.0. The van der Waals surface area contributed by atoms with Gasteiger partial charge >= 0.3 is 0 Å². The van der Waals surface area contributed by atoms with Crippen molar-refractivity contribution in [3.63, 3.8) is 0 Å². The molecule has 0 radical (unpaired) electrons. The van der Waals surface area contributed by atoms with Gasteiger partial charge in [-0.3, -0.25) is 14.2 Å². The average molecular weight is 687 g/mol. The van der Waals surface area contributed by atoms with E-state index in [1.54, 1.807) is 73.2 Å². The van der Waals surface area contributed by atoms with Gasteiger partial charge in [-0.05, 0) is 103 Å². The zero-order valence-corrected chi connectivity index (χ0v) is 28.5. The summed E-state index contributed by atoms with van der Waals surface area (Å²) in [5.41, 5.74) is 4.57. The van der Waals surface area contributed by atoms with Crippen molar-refractivity contribution in [2.75, 3.05) is 39.2 Å². The molecule has 0 bridgehead atoms. The Hall–Kier alpha value is -5.04. The van der Waals surface area contributed by atoms with Crippen molar-refractivity contribution < 1.29 is 22.7 Å². The number of anilines is 1. The summed E-state index contributed by atoms with van der Waals surface area (Å²) in [6, 6.07) is 25.5. The van der Waals surface area contributed by atoms with Gasteiger partial charge < -0.3 is 15.0 Å². The monoisotopic (exact) mass is 686 g/mol. The SMILES string of the molecule is COc1ccc2c(c1)c(CC(=O)NCCNS(=O)(=O)c1ccc(N=Nc3ccc(N(C)C)cc3)cc1)c(C)n2C(=O)c1ccc(Cl)cc1. The minimum Gasteiger partial charge on any atom is -0.497 e. The van der Waals surface area contributed by atoms with E-state index in [1.807, 2.05) is 43.3 Å². The Labute approximate surface area is 284 Å². The molecule has 0 saturated heterocycles. The molecule has 2 N–H and O–H groups in total. The summed E-state index contributed by atoms with van der Waals surface area (Å²) < 4.78 is 35.2. The van der Waals surface area contributed by atoms with E-state index >= 15 is 0 Å². The van der Waals surface area contributed by atoms with Gasteiger partial charge in [0.1, 0.15) is 5.75 Å². The molecule has 0 aliphatic carbocycles. The van der Waals surface area contributed by atoms with E-state index in [0.717, 1.165) is 5.69 Å². The smallest absolute Gasteiger partial charge is 0.262 e. The molecule has 1 heterocycles. The zero-order valence-electron chi connectivity index (χ0n) is 26.9. The Balaban J connectivity index is 1.20. The molecule has 248 valence electrons. The van der Waals surface area contributed by atoms with E-state index in [2.05, 4.69) is 20.3 Å². The number of halogens is 1. The van der Waals surface area contributed by atoms with Crippen LogP contribution in [0.2, 0.25) is 5.02 Å². The number of azo groups is 1. The number of carbonyl (C=O) groups is 2. The van der Waals surface area contributed by atoms with E-state index < -0.39 is 10.0 Å². The number of fused-ring (bicyclic) bond motifs is 1. The Bertz CT molecular complexity index is 2080. The predicted octanol–water partition coefficient (Wildman–Crippen LogP) is 6.42. The van der Waals surface area contributed by atoms with Crippen molar-refractivity contribution in [3.05, 3.63) is 113 Å². The highest BCUT2D eigenvalue weighted by molar-refractivity contribution is 7.89. The number of ether oxygens (including phenoxy) is 1. The second-order valence-corrected chi connectivity index (χ2v) is 13.3. The topological polar surface area (TPSA) is 134 Å². The van der Waals surface area contributed by atoms with Gasteiger partial charge in [0.2, 0.25) is 15.9 Å². The van der Waals surface area contributed by atoms with Crippen molar-refractivity contribution in [2.45, 2.75) is 18.2 Å². The molecule has 5 aromatic rings. The van der Waals surface area contributed by atoms with Crippen molar-refractivity contribution >= 4 is 61.4 Å². The van der Waals surface area contributed by atoms with Gasteiger partial charge in [-0.15, -0.1) is 0 Å². The normalized spacial score (nSPS) is 11.6. The molecule has 0 aliphatic rings. The molecular formula is C35H35ClN6O5S. The number of carbonyl (C=O) groups excluding carboxylic acids is 2. The fourth-order valence-corrected chi connectivity index (χ4v) is 6.27. The number of amides is 1. The molecule has 4 aromatic carbocycles. The molecule has 0 spiro atoms. The van der Waals surface area contributed by atoms with Crippen molar-refractivity contribution in [1.29, 1.82) is 0 Å². The Morgan fingerprint density at radius 2 is 1.50 bits per heavy atom. The fraction of sp³-hybridized carbons (Fsp3) is 0.200. The van der Waals surface area contributed by atoms with E-state index in [0.29, 0.717) is 49.9 Å². The summed E-state index contributed by atoms with van der Waals surface area (Å²) in [6.07, 6.45) is -0.0288. The van der Waals surface area contributed by atoms with E-state index in [-0.39, 0.29) is 36.2 Å². The van der Waals surface area contributed by atoms with Crippen LogP contribution in [0.1, 0.15) is 21.6 Å². The fourth-order valence-electron chi connectivity index (χ4n) is 5.11. The summed E-state index contributed by atoms with van der Waals surface area (Å²) in [7, 11) is 1.62. The van der Waals surface area contributed by atoms with Crippen molar-refractivity contribution in [3.8, 4) is 5.75 Å². The van der Waals surface area contributed by atoms with Crippen LogP contribution in [0, 0.1) is 6.92 Å². The van der Waals surface area contributed by atoms with Crippen molar-refractivity contribution in [1.82, 2.24) is 14.6 Å². The molecule has 0 aliphatic heterocycles. The minimum atomic E-state index is -3.83. The lowest BCUT2D eigenvalue weighted by Gasteiger charge is -2.11. The van der Waals surface area contributed by atoms with Gasteiger partial charge in [-0.2, -0.15) is 10.2 Å². The lowest BCUT2D eigenvalue weighted by atomic mass is 10.1. The number of nitrogens with zero attached hydrogens (tertiary/aromatic N) is 4. The van der Waals surface area contributed by atoms with Crippen LogP contribution in [-0.2, 0) is 21.2 Å². The first kappa shape index (κ1) is 34.3. The maximum Gasteiger partial charge on any atom is 0.262 e. The summed E-state index contributed by atoms with van der Waals surface area (Å²) >= 11 is 6.01. The van der Waals surface area contributed by atoms with E-state index in [9.17, 15) is 18.0 Å². The average Bonchev–Trinajstić information content (AvgIpc) is 3.35. The summed E-state index contributed by atoms with van der Waals surface area (Å²) in [5, 5.41) is 12.4. The van der Waals surface area contributed by atoms with E-state index in [1.165, 1.54) is 12.1 Å². The van der Waals surface area contributed by atoms with Gasteiger partial charge in [0.05, 0.1) is 35.3 Å². The number of rotatable bonds is 12. The van der Waals surface area contributed by atoms with Crippen LogP contribution < -0.4 is 19.7 Å². The minimum absolute atomic E-state index is 0.0257. The molecule has 11 nitrogen and oxygen atoms in total. The molecule has 0 unspecified atom stereocenters. The van der Waals surface area contributed by atoms with Crippen LogP contribution in [0.4, 0.5) is 17.1 Å². The van der Waals surface area contributed by atoms with Crippen LogP contribution in [0.25, 0.3) is 10.9 Å². The standard InChI is InChI=1S/C35H35ClN6O5S/c1-23-31(32-21-29(47-4)15-18-33(32)42(23)35(44)24-5-7-25(36)8-6-24)22-34(43)37-19-20-38-48(45,46)30-16-11-27(12-17-30)40-39-26-9-13-28(14-10-26)41(2)3/h5-18,21,38H,19-20,22H2,1-4H3,(H,37,43). The second-order valence-electron chi connectivity index (χ2n) is 11.1. The Morgan fingerprint density at radius 1 is 0.875 bits per heavy atom. The number of benzene rings is 4. The summed E-state index contributed by atoms with van der Waals surface area (Å²) in [6.45, 7) is 1.82. The molecule has 0 fully saturated rings. The Morgan fingerprint density at radius 3 is 2.10 bits per heavy atom. The number of hydrogen-bond acceptors (Lipinski definition) is 8. The molecular weight excluding hydrogens is 652 g/mol. The molecule has 48 heavy (non-hydrogen) atoms. The maximum absolute atomic E-state index is 13.5. The molecule has 0 atom stereocenters.